The molecule has 0 atom stereocenters. The summed E-state index contributed by atoms with van der Waals surface area (Å²) in [6, 6.07) is 8.73. The number of hydrogen-bond donors (Lipinski definition) is 3. The maximum atomic E-state index is 10.9. The number of carboxylic acid groups (broad SMARTS) is 1. The minimum Gasteiger partial charge on any atom is -0.497 e. The molecule has 0 aliphatic carbocycles. The average Bonchev–Trinajstić information content (AvgIpc) is 2.45. The molecule has 0 radical (unpaired) electrons. The topological polar surface area (TPSA) is 121 Å². The number of aliphatic carboxylic acids is 1. The van der Waals surface area contributed by atoms with Crippen LogP contribution in [0.4, 0.5) is 0 Å². The van der Waals surface area contributed by atoms with Gasteiger partial charge < -0.3 is 20.9 Å². The van der Waals surface area contributed by atoms with E-state index in [9.17, 15) is 4.79 Å². The summed E-state index contributed by atoms with van der Waals surface area (Å²) in [6.45, 7) is 0.301. The smallest absolute Gasteiger partial charge is 0.350 e. The van der Waals surface area contributed by atoms with Gasteiger partial charge in [-0.05, 0) is 17.7 Å². The lowest BCUT2D eigenvalue weighted by Crippen LogP contribution is -2.17. The summed E-state index contributed by atoms with van der Waals surface area (Å²) in [4.78, 5) is 14.5. The van der Waals surface area contributed by atoms with Crippen LogP contribution in [0.15, 0.2) is 40.7 Å². The molecule has 0 amide bonds. The van der Waals surface area contributed by atoms with Crippen LogP contribution in [-0.2, 0) is 11.3 Å². The van der Waals surface area contributed by atoms with Gasteiger partial charge in [-0.1, -0.05) is 12.1 Å². The van der Waals surface area contributed by atoms with Crippen LogP contribution in [0, 0.1) is 11.3 Å². The molecule has 7 heteroatoms. The quantitative estimate of drug-likeness (QED) is 0.302. The zero-order valence-corrected chi connectivity index (χ0v) is 10.8. The number of methoxy groups -OCH3 is 1. The van der Waals surface area contributed by atoms with Crippen LogP contribution in [0.2, 0.25) is 0 Å². The highest BCUT2D eigenvalue weighted by Crippen LogP contribution is 2.12. The van der Waals surface area contributed by atoms with Crippen LogP contribution in [0.5, 0.6) is 5.75 Å². The van der Waals surface area contributed by atoms with Crippen molar-refractivity contribution in [2.75, 3.05) is 7.11 Å². The van der Waals surface area contributed by atoms with Crippen LogP contribution in [-0.4, -0.2) is 24.5 Å². The number of carboxylic acids is 1. The molecule has 0 aromatic heterocycles. The maximum Gasteiger partial charge on any atom is 0.350 e. The zero-order chi connectivity index (χ0) is 15.0. The third-order valence-corrected chi connectivity index (χ3v) is 2.39. The van der Waals surface area contributed by atoms with Crippen LogP contribution < -0.4 is 15.8 Å². The molecule has 0 bridgehead atoms. The lowest BCUT2D eigenvalue weighted by Gasteiger charge is -2.08. The van der Waals surface area contributed by atoms with Crippen molar-refractivity contribution in [2.24, 2.45) is 10.7 Å². The number of nitrogens with zero attached hydrogens (tertiary/aromatic N) is 2. The van der Waals surface area contributed by atoms with Crippen LogP contribution in [0.1, 0.15) is 5.56 Å². The summed E-state index contributed by atoms with van der Waals surface area (Å²) in [5, 5.41) is 20.4. The second kappa shape index (κ2) is 7.43. The SMILES string of the molecule is COc1ccc(CN/C(N=CN)=C(/C#N)C(=O)O)cc1. The van der Waals surface area contributed by atoms with Crippen molar-refractivity contribution in [1.82, 2.24) is 5.32 Å². The molecule has 0 saturated heterocycles. The summed E-state index contributed by atoms with van der Waals surface area (Å²) in [5.41, 5.74) is 5.52. The molecule has 1 rings (SSSR count). The molecule has 1 aromatic carbocycles. The van der Waals surface area contributed by atoms with E-state index in [1.807, 2.05) is 12.1 Å². The summed E-state index contributed by atoms with van der Waals surface area (Å²) in [7, 11) is 1.57. The number of nitriles is 1. The Balaban J connectivity index is 2.87. The molecule has 0 fully saturated rings. The summed E-state index contributed by atoms with van der Waals surface area (Å²) in [6.07, 6.45) is 0.927. The molecular formula is C13H14N4O3. The molecule has 0 aliphatic heterocycles. The monoisotopic (exact) mass is 274 g/mol. The van der Waals surface area contributed by atoms with E-state index in [1.54, 1.807) is 25.3 Å². The fourth-order valence-electron chi connectivity index (χ4n) is 1.40. The molecule has 104 valence electrons. The Hall–Kier alpha value is -3.01. The van der Waals surface area contributed by atoms with Gasteiger partial charge in [-0.15, -0.1) is 0 Å². The standard InChI is InChI=1S/C13H14N4O3/c1-20-10-4-2-9(3-5-10)7-16-12(17-8-15)11(6-14)13(18)19/h2-5,8,16H,7H2,1H3,(H2,15,17)(H,18,19)/b12-11+. The number of aliphatic imine (C=N–C) groups is 1. The first-order valence-corrected chi connectivity index (χ1v) is 5.61. The van der Waals surface area contributed by atoms with Gasteiger partial charge in [-0.2, -0.15) is 5.26 Å². The number of ether oxygens (including phenoxy) is 1. The molecule has 20 heavy (non-hydrogen) atoms. The lowest BCUT2D eigenvalue weighted by atomic mass is 10.2. The first-order chi connectivity index (χ1) is 9.62. The van der Waals surface area contributed by atoms with E-state index >= 15 is 0 Å². The first kappa shape index (κ1) is 15.0. The minimum atomic E-state index is -1.37. The molecule has 0 unspecified atom stereocenters. The molecule has 0 heterocycles. The summed E-state index contributed by atoms with van der Waals surface area (Å²) in [5.74, 6) is -0.735. The second-order valence-electron chi connectivity index (χ2n) is 3.62. The van der Waals surface area contributed by atoms with Gasteiger partial charge in [-0.3, -0.25) is 0 Å². The highest BCUT2D eigenvalue weighted by atomic mass is 16.5. The Morgan fingerprint density at radius 3 is 2.65 bits per heavy atom. The molecule has 0 saturated carbocycles. The summed E-state index contributed by atoms with van der Waals surface area (Å²) >= 11 is 0. The van der Waals surface area contributed by atoms with Gasteiger partial charge in [-0.25, -0.2) is 9.79 Å². The van der Waals surface area contributed by atoms with Gasteiger partial charge >= 0.3 is 5.97 Å². The Kier molecular flexibility index (Phi) is 5.59. The van der Waals surface area contributed by atoms with Crippen LogP contribution in [0.3, 0.4) is 0 Å². The highest BCUT2D eigenvalue weighted by Gasteiger charge is 2.13. The zero-order valence-electron chi connectivity index (χ0n) is 10.8. The number of nitrogens with one attached hydrogen (secondary N) is 1. The third kappa shape index (κ3) is 4.03. The van der Waals surface area contributed by atoms with Crippen LogP contribution in [0.25, 0.3) is 0 Å². The minimum absolute atomic E-state index is 0.0849. The second-order valence-corrected chi connectivity index (χ2v) is 3.62. The first-order valence-electron chi connectivity index (χ1n) is 5.61. The fraction of sp³-hybridized carbons (Fsp3) is 0.154. The van der Waals surface area contributed by atoms with E-state index in [0.717, 1.165) is 11.9 Å². The van der Waals surface area contributed by atoms with Crippen molar-refractivity contribution in [1.29, 1.82) is 5.26 Å². The van der Waals surface area contributed by atoms with E-state index in [4.69, 9.17) is 20.8 Å². The van der Waals surface area contributed by atoms with Gasteiger partial charge in [0.15, 0.2) is 11.4 Å². The molecule has 0 spiro atoms. The van der Waals surface area contributed by atoms with Crippen molar-refractivity contribution in [3.63, 3.8) is 0 Å². The Morgan fingerprint density at radius 2 is 2.20 bits per heavy atom. The Labute approximate surface area is 116 Å². The fourth-order valence-corrected chi connectivity index (χ4v) is 1.40. The highest BCUT2D eigenvalue weighted by molar-refractivity contribution is 5.92. The average molecular weight is 274 g/mol. The summed E-state index contributed by atoms with van der Waals surface area (Å²) < 4.78 is 5.03. The number of carbonyl (C=O) groups is 1. The number of rotatable bonds is 6. The third-order valence-electron chi connectivity index (χ3n) is 2.39. The molecular weight excluding hydrogens is 260 g/mol. The number of nitrogens with two attached hydrogens (primary N) is 1. The van der Waals surface area contributed by atoms with Gasteiger partial charge in [0.25, 0.3) is 0 Å². The van der Waals surface area contributed by atoms with Gasteiger partial charge in [0.05, 0.1) is 13.4 Å². The van der Waals surface area contributed by atoms with Gasteiger partial charge in [0.2, 0.25) is 0 Å². The van der Waals surface area contributed by atoms with E-state index in [1.165, 1.54) is 0 Å². The van der Waals surface area contributed by atoms with Crippen molar-refractivity contribution in [3.05, 3.63) is 41.2 Å². The van der Waals surface area contributed by atoms with Gasteiger partial charge in [0, 0.05) is 6.54 Å². The van der Waals surface area contributed by atoms with Crippen molar-refractivity contribution >= 4 is 12.3 Å². The maximum absolute atomic E-state index is 10.9. The lowest BCUT2D eigenvalue weighted by molar-refractivity contribution is -0.132. The van der Waals surface area contributed by atoms with E-state index in [0.29, 0.717) is 12.3 Å². The normalized spacial score (nSPS) is 11.6. The Morgan fingerprint density at radius 1 is 1.55 bits per heavy atom. The van der Waals surface area contributed by atoms with Crippen molar-refractivity contribution < 1.29 is 14.6 Å². The van der Waals surface area contributed by atoms with E-state index < -0.39 is 11.5 Å². The number of hydrogen-bond acceptors (Lipinski definition) is 5. The van der Waals surface area contributed by atoms with E-state index in [-0.39, 0.29) is 5.82 Å². The van der Waals surface area contributed by atoms with Crippen molar-refractivity contribution in [3.8, 4) is 11.8 Å². The molecule has 0 aliphatic rings. The predicted molar refractivity (Wildman–Crippen MR) is 72.8 cm³/mol. The van der Waals surface area contributed by atoms with Crippen molar-refractivity contribution in [2.45, 2.75) is 6.54 Å². The van der Waals surface area contributed by atoms with E-state index in [2.05, 4.69) is 10.3 Å². The predicted octanol–water partition coefficient (Wildman–Crippen LogP) is 0.592. The van der Waals surface area contributed by atoms with Crippen LogP contribution >= 0.6 is 0 Å². The largest absolute Gasteiger partial charge is 0.497 e. The molecule has 4 N–H and O–H groups in total. The molecule has 7 nitrogen and oxygen atoms in total. The van der Waals surface area contributed by atoms with Gasteiger partial charge in [0.1, 0.15) is 11.8 Å². The Bertz CT molecular complexity index is 570. The molecule has 1 aromatic rings. The number of benzene rings is 1.